The summed E-state index contributed by atoms with van der Waals surface area (Å²) in [4.78, 5) is 11.5. The highest BCUT2D eigenvalue weighted by atomic mass is 79.9. The first-order valence-electron chi connectivity index (χ1n) is 10.7. The van der Waals surface area contributed by atoms with E-state index in [9.17, 15) is 0 Å². The molecular weight excluding hydrogens is 442 g/mol. The highest BCUT2D eigenvalue weighted by molar-refractivity contribution is 9.10. The molecule has 1 unspecified atom stereocenters. The van der Waals surface area contributed by atoms with Gasteiger partial charge in [-0.3, -0.25) is 4.57 Å². The average molecular weight is 468 g/mol. The van der Waals surface area contributed by atoms with Crippen LogP contribution in [0.3, 0.4) is 0 Å². The second kappa shape index (κ2) is 7.65. The van der Waals surface area contributed by atoms with E-state index >= 15 is 0 Å². The third-order valence-corrected chi connectivity index (χ3v) is 6.99. The highest BCUT2D eigenvalue weighted by Crippen LogP contribution is 2.44. The fourth-order valence-electron chi connectivity index (χ4n) is 4.94. The number of nitrogens with two attached hydrogens (primary N) is 1. The van der Waals surface area contributed by atoms with Crippen LogP contribution in [0.1, 0.15) is 75.1 Å². The van der Waals surface area contributed by atoms with Crippen LogP contribution in [0.25, 0.3) is 5.69 Å². The Morgan fingerprint density at radius 1 is 1.17 bits per heavy atom. The summed E-state index contributed by atoms with van der Waals surface area (Å²) in [6.07, 6.45) is 7.63. The van der Waals surface area contributed by atoms with Gasteiger partial charge in [-0.1, -0.05) is 54.8 Å². The molecule has 156 valence electrons. The molecule has 1 aliphatic heterocycles. The molecule has 2 aliphatic rings. The van der Waals surface area contributed by atoms with Crippen molar-refractivity contribution >= 4 is 27.7 Å². The van der Waals surface area contributed by atoms with Crippen LogP contribution in [-0.2, 0) is 0 Å². The lowest BCUT2D eigenvalue weighted by molar-refractivity contribution is 0.467. The van der Waals surface area contributed by atoms with E-state index in [0.29, 0.717) is 12.0 Å². The predicted molar refractivity (Wildman–Crippen MR) is 121 cm³/mol. The normalized spacial score (nSPS) is 19.6. The summed E-state index contributed by atoms with van der Waals surface area (Å²) in [5.41, 5.74) is 8.16. The van der Waals surface area contributed by atoms with Crippen LogP contribution in [0.4, 0.5) is 11.8 Å². The fraction of sp³-hybridized carbons (Fsp3) is 0.455. The van der Waals surface area contributed by atoms with Crippen molar-refractivity contribution in [3.05, 3.63) is 52.1 Å². The second-order valence-corrected chi connectivity index (χ2v) is 9.15. The Morgan fingerprint density at radius 2 is 1.90 bits per heavy atom. The lowest BCUT2D eigenvalue weighted by atomic mass is 9.99. The third kappa shape index (κ3) is 3.09. The molecule has 2 atom stereocenters. The van der Waals surface area contributed by atoms with Crippen molar-refractivity contribution in [3.8, 4) is 5.69 Å². The molecule has 7 nitrogen and oxygen atoms in total. The fourth-order valence-corrected chi connectivity index (χ4v) is 5.21. The molecule has 0 radical (unpaired) electrons. The molecule has 8 heteroatoms. The van der Waals surface area contributed by atoms with Crippen molar-refractivity contribution in [2.75, 3.05) is 10.6 Å². The zero-order chi connectivity index (χ0) is 20.8. The van der Waals surface area contributed by atoms with Gasteiger partial charge in [-0.05, 0) is 37.0 Å². The van der Waals surface area contributed by atoms with Gasteiger partial charge in [0.1, 0.15) is 11.5 Å². The summed E-state index contributed by atoms with van der Waals surface area (Å²) in [7, 11) is 0. The van der Waals surface area contributed by atoms with Crippen LogP contribution in [-0.4, -0.2) is 30.8 Å². The molecule has 0 amide bonds. The van der Waals surface area contributed by atoms with Gasteiger partial charge < -0.3 is 10.6 Å². The van der Waals surface area contributed by atoms with Crippen molar-refractivity contribution in [1.29, 1.82) is 0 Å². The Bertz CT molecular complexity index is 1060. The quantitative estimate of drug-likeness (QED) is 0.594. The van der Waals surface area contributed by atoms with E-state index in [1.54, 1.807) is 0 Å². The first-order valence-corrected chi connectivity index (χ1v) is 11.5. The molecule has 3 heterocycles. The zero-order valence-electron chi connectivity index (χ0n) is 17.3. The minimum atomic E-state index is 0.0836. The minimum absolute atomic E-state index is 0.0836. The van der Waals surface area contributed by atoms with Gasteiger partial charge >= 0.3 is 0 Å². The van der Waals surface area contributed by atoms with Crippen molar-refractivity contribution in [2.45, 2.75) is 64.0 Å². The first-order chi connectivity index (χ1) is 14.6. The molecule has 5 rings (SSSR count). The molecule has 0 bridgehead atoms. The molecule has 30 heavy (non-hydrogen) atoms. The van der Waals surface area contributed by atoms with Gasteiger partial charge in [0, 0.05) is 16.4 Å². The number of hydrogen-bond donors (Lipinski definition) is 1. The summed E-state index contributed by atoms with van der Waals surface area (Å²) >= 11 is 3.52. The van der Waals surface area contributed by atoms with E-state index in [1.165, 1.54) is 31.2 Å². The van der Waals surface area contributed by atoms with Crippen molar-refractivity contribution < 1.29 is 0 Å². The molecule has 0 spiro atoms. The van der Waals surface area contributed by atoms with E-state index in [-0.39, 0.29) is 12.0 Å². The minimum Gasteiger partial charge on any atom is -0.368 e. The molecule has 1 aromatic carbocycles. The van der Waals surface area contributed by atoms with Gasteiger partial charge in [-0.2, -0.15) is 4.98 Å². The van der Waals surface area contributed by atoms with Crippen LogP contribution in [0, 0.1) is 0 Å². The number of anilines is 2. The second-order valence-electron chi connectivity index (χ2n) is 8.23. The molecule has 2 aromatic heterocycles. The summed E-state index contributed by atoms with van der Waals surface area (Å²) in [5, 5.41) is 9.36. The lowest BCUT2D eigenvalue weighted by Crippen LogP contribution is -2.42. The van der Waals surface area contributed by atoms with Gasteiger partial charge in [-0.25, -0.2) is 4.98 Å². The standard InChI is InChI=1S/C22H26BrN7/c1-3-17-21-28-27-19(13(2)14-8-10-15(23)11-9-14)30(21)18-12-25-22(24)26-20(18)29(17)16-6-4-5-7-16/h8-13,16-17H,3-7H2,1-2H3,(H2,24,25,26)/t13-,17?/m0/s1. The number of nitrogens with zero attached hydrogens (tertiary/aromatic N) is 6. The molecule has 1 saturated carbocycles. The van der Waals surface area contributed by atoms with Gasteiger partial charge in [0.2, 0.25) is 5.95 Å². The van der Waals surface area contributed by atoms with Crippen LogP contribution >= 0.6 is 15.9 Å². The van der Waals surface area contributed by atoms with E-state index in [2.05, 4.69) is 73.6 Å². The maximum Gasteiger partial charge on any atom is 0.222 e. The molecule has 3 aromatic rings. The van der Waals surface area contributed by atoms with Crippen molar-refractivity contribution in [3.63, 3.8) is 0 Å². The predicted octanol–water partition coefficient (Wildman–Crippen LogP) is 4.77. The molecule has 0 saturated heterocycles. The van der Waals surface area contributed by atoms with Gasteiger partial charge in [0.25, 0.3) is 0 Å². The summed E-state index contributed by atoms with van der Waals surface area (Å²) in [6.45, 7) is 4.38. The maximum absolute atomic E-state index is 6.03. The van der Waals surface area contributed by atoms with Crippen LogP contribution in [0.15, 0.2) is 34.9 Å². The number of rotatable bonds is 4. The number of benzene rings is 1. The Hall–Kier alpha value is -2.48. The van der Waals surface area contributed by atoms with E-state index in [0.717, 1.165) is 34.0 Å². The van der Waals surface area contributed by atoms with Crippen LogP contribution in [0.5, 0.6) is 0 Å². The van der Waals surface area contributed by atoms with E-state index in [1.807, 2.05) is 6.20 Å². The van der Waals surface area contributed by atoms with Gasteiger partial charge in [0.05, 0.1) is 12.2 Å². The first kappa shape index (κ1) is 19.5. The monoisotopic (exact) mass is 467 g/mol. The smallest absolute Gasteiger partial charge is 0.222 e. The number of aromatic nitrogens is 5. The zero-order valence-corrected chi connectivity index (χ0v) is 18.9. The molecular formula is C22H26BrN7. The van der Waals surface area contributed by atoms with Gasteiger partial charge in [-0.15, -0.1) is 10.2 Å². The van der Waals surface area contributed by atoms with Gasteiger partial charge in [0.15, 0.2) is 11.6 Å². The SMILES string of the molecule is CCC1c2nnc([C@@H](C)c3ccc(Br)cc3)n2-c2cnc(N)nc2N1C1CCCC1. The summed E-state index contributed by atoms with van der Waals surface area (Å²) in [5.74, 6) is 3.19. The van der Waals surface area contributed by atoms with Crippen LogP contribution < -0.4 is 10.6 Å². The summed E-state index contributed by atoms with van der Waals surface area (Å²) in [6, 6.07) is 8.97. The van der Waals surface area contributed by atoms with Crippen molar-refractivity contribution in [1.82, 2.24) is 24.7 Å². The Morgan fingerprint density at radius 3 is 2.60 bits per heavy atom. The Labute approximate surface area is 184 Å². The highest BCUT2D eigenvalue weighted by Gasteiger charge is 2.40. The van der Waals surface area contributed by atoms with E-state index in [4.69, 9.17) is 15.8 Å². The third-order valence-electron chi connectivity index (χ3n) is 6.46. The summed E-state index contributed by atoms with van der Waals surface area (Å²) < 4.78 is 3.23. The number of fused-ring (bicyclic) bond motifs is 3. The van der Waals surface area contributed by atoms with E-state index < -0.39 is 0 Å². The lowest BCUT2D eigenvalue weighted by Gasteiger charge is -2.41. The number of nitrogen functional groups attached to an aromatic ring is 1. The maximum atomic E-state index is 6.03. The average Bonchev–Trinajstić information content (AvgIpc) is 3.43. The topological polar surface area (TPSA) is 85.8 Å². The Kier molecular flexibility index (Phi) is 4.97. The number of halogens is 1. The molecule has 2 N–H and O–H groups in total. The number of hydrogen-bond acceptors (Lipinski definition) is 6. The molecule has 1 aliphatic carbocycles. The van der Waals surface area contributed by atoms with Crippen LogP contribution in [0.2, 0.25) is 0 Å². The van der Waals surface area contributed by atoms with Crippen molar-refractivity contribution in [2.24, 2.45) is 0 Å². The Balaban J connectivity index is 1.66. The molecule has 1 fully saturated rings. The largest absolute Gasteiger partial charge is 0.368 e.